The van der Waals surface area contributed by atoms with Gasteiger partial charge in [0.1, 0.15) is 6.10 Å². The maximum Gasteiger partial charge on any atom is 0.101 e. The third kappa shape index (κ3) is 2.28. The first-order valence-corrected chi connectivity index (χ1v) is 6.69. The molecular weight excluding hydrogens is 226 g/mol. The third-order valence-electron chi connectivity index (χ3n) is 4.25. The van der Waals surface area contributed by atoms with E-state index in [0.29, 0.717) is 5.92 Å². The zero-order chi connectivity index (χ0) is 13.2. The predicted octanol–water partition coefficient (Wildman–Crippen LogP) is 2.56. The second-order valence-corrected chi connectivity index (χ2v) is 5.49. The Labute approximate surface area is 108 Å². The quantitative estimate of drug-likeness (QED) is 0.893. The van der Waals surface area contributed by atoms with Crippen LogP contribution in [-0.4, -0.2) is 14.9 Å². The topological polar surface area (TPSA) is 61.8 Å². The molecule has 98 valence electrons. The molecule has 0 radical (unpaired) electrons. The van der Waals surface area contributed by atoms with E-state index in [0.717, 1.165) is 31.2 Å². The molecule has 4 nitrogen and oxygen atoms in total. The summed E-state index contributed by atoms with van der Waals surface area (Å²) in [6.07, 6.45) is 7.64. The van der Waals surface area contributed by atoms with Crippen LogP contribution in [0.1, 0.15) is 50.7 Å². The number of hydrogen-bond donors (Lipinski definition) is 1. The van der Waals surface area contributed by atoms with Crippen LogP contribution in [0, 0.1) is 22.7 Å². The van der Waals surface area contributed by atoms with E-state index in [2.05, 4.69) is 18.1 Å². The summed E-state index contributed by atoms with van der Waals surface area (Å²) in [5.41, 5.74) is 0.137. The van der Waals surface area contributed by atoms with Gasteiger partial charge < -0.3 is 5.11 Å². The Kier molecular flexibility index (Phi) is 3.72. The van der Waals surface area contributed by atoms with Crippen LogP contribution >= 0.6 is 0 Å². The fraction of sp³-hybridized carbons (Fsp3) is 0.714. The molecule has 2 rings (SSSR count). The van der Waals surface area contributed by atoms with Gasteiger partial charge in [0.15, 0.2) is 0 Å². The van der Waals surface area contributed by atoms with Crippen LogP contribution in [0.4, 0.5) is 0 Å². The van der Waals surface area contributed by atoms with E-state index in [1.807, 2.05) is 7.05 Å². The number of aliphatic hydroxyl groups excluding tert-OH is 1. The maximum absolute atomic E-state index is 10.5. The lowest BCUT2D eigenvalue weighted by Gasteiger charge is -2.38. The Hall–Kier alpha value is -1.34. The van der Waals surface area contributed by atoms with Gasteiger partial charge in [0.05, 0.1) is 17.7 Å². The van der Waals surface area contributed by atoms with Gasteiger partial charge in [-0.1, -0.05) is 26.2 Å². The van der Waals surface area contributed by atoms with Crippen molar-refractivity contribution >= 4 is 0 Å². The molecule has 4 heteroatoms. The molecule has 0 aromatic carbocycles. The molecule has 3 atom stereocenters. The summed E-state index contributed by atoms with van der Waals surface area (Å²) in [6, 6.07) is 2.40. The largest absolute Gasteiger partial charge is 0.387 e. The Bertz CT molecular complexity index is 448. The van der Waals surface area contributed by atoms with Crippen LogP contribution in [0.2, 0.25) is 0 Å². The lowest BCUT2D eigenvalue weighted by atomic mass is 9.66. The third-order valence-corrected chi connectivity index (χ3v) is 4.25. The summed E-state index contributed by atoms with van der Waals surface area (Å²) in [4.78, 5) is 0. The summed E-state index contributed by atoms with van der Waals surface area (Å²) in [5.74, 6) is 0.560. The Balaban J connectivity index is 2.24. The van der Waals surface area contributed by atoms with E-state index >= 15 is 0 Å². The number of nitrogens with zero attached hydrogens (tertiary/aromatic N) is 3. The van der Waals surface area contributed by atoms with E-state index in [4.69, 9.17) is 0 Å². The lowest BCUT2D eigenvalue weighted by Crippen LogP contribution is -2.33. The molecule has 0 saturated heterocycles. The zero-order valence-electron chi connectivity index (χ0n) is 11.1. The highest BCUT2D eigenvalue weighted by Crippen LogP contribution is 2.48. The minimum atomic E-state index is -0.717. The van der Waals surface area contributed by atoms with Gasteiger partial charge in [0.2, 0.25) is 0 Å². The first-order chi connectivity index (χ1) is 8.61. The van der Waals surface area contributed by atoms with Crippen molar-refractivity contribution in [3.05, 3.63) is 18.0 Å². The van der Waals surface area contributed by atoms with Gasteiger partial charge in [-0.05, 0) is 18.8 Å². The minimum Gasteiger partial charge on any atom is -0.387 e. The van der Waals surface area contributed by atoms with Crippen LogP contribution in [0.25, 0.3) is 0 Å². The average molecular weight is 247 g/mol. The van der Waals surface area contributed by atoms with Crippen molar-refractivity contribution in [1.29, 1.82) is 5.26 Å². The second-order valence-electron chi connectivity index (χ2n) is 5.49. The Morgan fingerprint density at radius 1 is 1.72 bits per heavy atom. The molecular formula is C14H21N3O. The molecule has 1 fully saturated rings. The Morgan fingerprint density at radius 3 is 3.06 bits per heavy atom. The monoisotopic (exact) mass is 247 g/mol. The molecule has 1 aromatic rings. The number of aryl methyl sites for hydroxylation is 1. The predicted molar refractivity (Wildman–Crippen MR) is 68.5 cm³/mol. The second kappa shape index (κ2) is 5.11. The number of aliphatic hydroxyl groups is 1. The van der Waals surface area contributed by atoms with E-state index in [-0.39, 0.29) is 0 Å². The molecule has 1 N–H and O–H groups in total. The molecule has 1 aliphatic carbocycles. The first-order valence-electron chi connectivity index (χ1n) is 6.69. The average Bonchev–Trinajstić information content (AvgIpc) is 2.84. The van der Waals surface area contributed by atoms with Crippen LogP contribution in [-0.2, 0) is 7.05 Å². The van der Waals surface area contributed by atoms with Gasteiger partial charge in [-0.2, -0.15) is 10.4 Å². The summed E-state index contributed by atoms with van der Waals surface area (Å²) in [5, 5.41) is 24.2. The lowest BCUT2D eigenvalue weighted by molar-refractivity contribution is 0.0185. The van der Waals surface area contributed by atoms with Crippen LogP contribution in [0.3, 0.4) is 0 Å². The summed E-state index contributed by atoms with van der Waals surface area (Å²) in [6.45, 7) is 2.16. The van der Waals surface area contributed by atoms with Crippen molar-refractivity contribution < 1.29 is 5.11 Å². The molecule has 0 amide bonds. The molecule has 0 aliphatic heterocycles. The molecule has 0 spiro atoms. The van der Waals surface area contributed by atoms with Crippen molar-refractivity contribution in [3.63, 3.8) is 0 Å². The number of nitriles is 1. The van der Waals surface area contributed by atoms with E-state index in [1.165, 1.54) is 6.42 Å². The number of aromatic nitrogens is 2. The highest BCUT2D eigenvalue weighted by molar-refractivity contribution is 5.18. The van der Waals surface area contributed by atoms with Crippen molar-refractivity contribution in [2.45, 2.75) is 45.1 Å². The zero-order valence-corrected chi connectivity index (χ0v) is 11.1. The maximum atomic E-state index is 10.5. The normalized spacial score (nSPS) is 29.8. The number of hydrogen-bond acceptors (Lipinski definition) is 3. The van der Waals surface area contributed by atoms with Gasteiger partial charge in [-0.25, -0.2) is 0 Å². The van der Waals surface area contributed by atoms with Crippen LogP contribution < -0.4 is 0 Å². The van der Waals surface area contributed by atoms with Gasteiger partial charge in [-0.3, -0.25) is 4.68 Å². The van der Waals surface area contributed by atoms with Crippen molar-refractivity contribution in [2.24, 2.45) is 18.4 Å². The first kappa shape index (κ1) is 13.1. The standard InChI is InChI=1S/C14H21N3O/c1-3-11-5-4-6-14(7-11,10-15)13(18)12-8-16-17(2)9-12/h8-9,11,13,18H,3-7H2,1-2H3. The van der Waals surface area contributed by atoms with Crippen LogP contribution in [0.5, 0.6) is 0 Å². The van der Waals surface area contributed by atoms with Crippen molar-refractivity contribution in [1.82, 2.24) is 9.78 Å². The highest BCUT2D eigenvalue weighted by Gasteiger charge is 2.43. The van der Waals surface area contributed by atoms with Crippen LogP contribution in [0.15, 0.2) is 12.4 Å². The van der Waals surface area contributed by atoms with Gasteiger partial charge >= 0.3 is 0 Å². The summed E-state index contributed by atoms with van der Waals surface area (Å²) < 4.78 is 1.67. The van der Waals surface area contributed by atoms with E-state index < -0.39 is 11.5 Å². The van der Waals surface area contributed by atoms with Crippen molar-refractivity contribution in [3.8, 4) is 6.07 Å². The fourth-order valence-corrected chi connectivity index (χ4v) is 3.09. The molecule has 1 heterocycles. The van der Waals surface area contributed by atoms with Gasteiger partial charge in [0, 0.05) is 18.8 Å². The molecule has 3 unspecified atom stereocenters. The highest BCUT2D eigenvalue weighted by atomic mass is 16.3. The summed E-state index contributed by atoms with van der Waals surface area (Å²) >= 11 is 0. The van der Waals surface area contributed by atoms with Crippen molar-refractivity contribution in [2.75, 3.05) is 0 Å². The fourth-order valence-electron chi connectivity index (χ4n) is 3.09. The SMILES string of the molecule is CCC1CCCC(C#N)(C(O)c2cnn(C)c2)C1. The molecule has 18 heavy (non-hydrogen) atoms. The molecule has 1 aliphatic rings. The van der Waals surface area contributed by atoms with E-state index in [1.54, 1.807) is 17.1 Å². The smallest absolute Gasteiger partial charge is 0.101 e. The van der Waals surface area contributed by atoms with E-state index in [9.17, 15) is 10.4 Å². The molecule has 1 aromatic heterocycles. The number of rotatable bonds is 3. The van der Waals surface area contributed by atoms with Gasteiger partial charge in [0.25, 0.3) is 0 Å². The molecule has 1 saturated carbocycles. The van der Waals surface area contributed by atoms with Gasteiger partial charge in [-0.15, -0.1) is 0 Å². The molecule has 0 bridgehead atoms. The summed E-state index contributed by atoms with van der Waals surface area (Å²) in [7, 11) is 1.82. The Morgan fingerprint density at radius 2 is 2.50 bits per heavy atom. The minimum absolute atomic E-state index is 0.560.